The molecule has 3 aromatic rings. The molecule has 33 heavy (non-hydrogen) atoms. The molecule has 0 aromatic heterocycles. The van der Waals surface area contributed by atoms with Crippen molar-refractivity contribution in [2.24, 2.45) is 0 Å². The summed E-state index contributed by atoms with van der Waals surface area (Å²) in [6.45, 7) is 4.62. The van der Waals surface area contributed by atoms with Crippen LogP contribution in [0.1, 0.15) is 21.5 Å². The highest BCUT2D eigenvalue weighted by Crippen LogP contribution is 2.17. The maximum atomic E-state index is 13.0. The molecule has 1 aliphatic rings. The summed E-state index contributed by atoms with van der Waals surface area (Å²) >= 11 is 0. The van der Waals surface area contributed by atoms with Crippen LogP contribution in [0.3, 0.4) is 0 Å². The zero-order valence-electron chi connectivity index (χ0n) is 18.9. The molecule has 0 spiro atoms. The number of carbonyl (C=O) groups excluding carboxylic acids is 2. The maximum Gasteiger partial charge on any atom is 0.321 e. The number of piperazine rings is 1. The van der Waals surface area contributed by atoms with Crippen LogP contribution in [0.5, 0.6) is 5.75 Å². The highest BCUT2D eigenvalue weighted by Gasteiger charge is 2.25. The predicted molar refractivity (Wildman–Crippen MR) is 130 cm³/mol. The molecule has 1 saturated heterocycles. The van der Waals surface area contributed by atoms with Crippen molar-refractivity contribution in [3.05, 3.63) is 95.6 Å². The van der Waals surface area contributed by atoms with Crippen LogP contribution in [-0.4, -0.2) is 54.5 Å². The van der Waals surface area contributed by atoms with Crippen molar-refractivity contribution in [2.75, 3.05) is 38.1 Å². The van der Waals surface area contributed by atoms with E-state index in [1.54, 1.807) is 15.9 Å². The summed E-state index contributed by atoms with van der Waals surface area (Å²) in [5.74, 6) is 0.649. The molecular formula is C27H29N3O3. The summed E-state index contributed by atoms with van der Waals surface area (Å²) < 4.78 is 5.89. The molecule has 1 heterocycles. The van der Waals surface area contributed by atoms with E-state index in [2.05, 4.69) is 36.5 Å². The topological polar surface area (TPSA) is 61.9 Å². The summed E-state index contributed by atoms with van der Waals surface area (Å²) in [7, 11) is 0. The Bertz CT molecular complexity index is 1080. The number of para-hydroxylation sites is 1. The minimum atomic E-state index is -0.141. The molecule has 170 valence electrons. The van der Waals surface area contributed by atoms with Crippen molar-refractivity contribution in [3.8, 4) is 5.75 Å². The average Bonchev–Trinajstić information content (AvgIpc) is 2.86. The lowest BCUT2D eigenvalue weighted by molar-refractivity contribution is 0.0671. The van der Waals surface area contributed by atoms with E-state index in [0.29, 0.717) is 44.1 Å². The Morgan fingerprint density at radius 1 is 0.848 bits per heavy atom. The molecule has 6 heteroatoms. The molecule has 1 aliphatic heterocycles. The average molecular weight is 444 g/mol. The molecule has 0 saturated carbocycles. The maximum absolute atomic E-state index is 13.0. The number of rotatable bonds is 6. The lowest BCUT2D eigenvalue weighted by Crippen LogP contribution is -2.51. The van der Waals surface area contributed by atoms with Gasteiger partial charge in [-0.15, -0.1) is 0 Å². The van der Waals surface area contributed by atoms with E-state index < -0.39 is 0 Å². The third kappa shape index (κ3) is 6.13. The fraction of sp³-hybridized carbons (Fsp3) is 0.259. The molecule has 6 nitrogen and oxygen atoms in total. The van der Waals surface area contributed by atoms with Crippen molar-refractivity contribution >= 4 is 17.6 Å². The minimum Gasteiger partial charge on any atom is -0.493 e. The van der Waals surface area contributed by atoms with E-state index in [4.69, 9.17) is 4.74 Å². The van der Waals surface area contributed by atoms with Crippen molar-refractivity contribution < 1.29 is 14.3 Å². The van der Waals surface area contributed by atoms with Crippen LogP contribution in [0.4, 0.5) is 10.5 Å². The van der Waals surface area contributed by atoms with Gasteiger partial charge in [0, 0.05) is 43.9 Å². The molecule has 1 N–H and O–H groups in total. The Kier molecular flexibility index (Phi) is 7.25. The number of nitrogens with one attached hydrogen (secondary N) is 1. The minimum absolute atomic E-state index is 0.0397. The number of aryl methyl sites for hydroxylation is 1. The number of anilines is 1. The number of hydrogen-bond donors (Lipinski definition) is 1. The molecule has 3 amide bonds. The second kappa shape index (κ2) is 10.7. The molecule has 0 aliphatic carbocycles. The van der Waals surface area contributed by atoms with Gasteiger partial charge in [-0.05, 0) is 42.8 Å². The van der Waals surface area contributed by atoms with Gasteiger partial charge in [-0.2, -0.15) is 0 Å². The smallest absolute Gasteiger partial charge is 0.321 e. The zero-order valence-corrected chi connectivity index (χ0v) is 18.9. The Morgan fingerprint density at radius 2 is 1.55 bits per heavy atom. The highest BCUT2D eigenvalue weighted by molar-refractivity contribution is 5.95. The molecule has 0 radical (unpaired) electrons. The second-order valence-electron chi connectivity index (χ2n) is 8.19. The molecule has 4 rings (SSSR count). The third-order valence-corrected chi connectivity index (χ3v) is 5.74. The number of urea groups is 1. The summed E-state index contributed by atoms with van der Waals surface area (Å²) in [6.07, 6.45) is 0.811. The first-order chi connectivity index (χ1) is 16.1. The van der Waals surface area contributed by atoms with Crippen LogP contribution in [-0.2, 0) is 6.42 Å². The molecule has 0 atom stereocenters. The predicted octanol–water partition coefficient (Wildman–Crippen LogP) is 4.61. The van der Waals surface area contributed by atoms with Gasteiger partial charge in [0.15, 0.2) is 0 Å². The van der Waals surface area contributed by atoms with Gasteiger partial charge in [0.05, 0.1) is 6.61 Å². The van der Waals surface area contributed by atoms with Crippen molar-refractivity contribution in [2.45, 2.75) is 13.3 Å². The van der Waals surface area contributed by atoms with Gasteiger partial charge in [-0.3, -0.25) is 4.79 Å². The monoisotopic (exact) mass is 443 g/mol. The number of carbonyl (C=O) groups is 2. The molecule has 1 fully saturated rings. The van der Waals surface area contributed by atoms with Crippen LogP contribution < -0.4 is 10.1 Å². The van der Waals surface area contributed by atoms with Gasteiger partial charge >= 0.3 is 6.03 Å². The Balaban J connectivity index is 1.27. The molecule has 3 aromatic carbocycles. The Morgan fingerprint density at radius 3 is 2.27 bits per heavy atom. The fourth-order valence-corrected chi connectivity index (χ4v) is 3.78. The van der Waals surface area contributed by atoms with Gasteiger partial charge < -0.3 is 19.9 Å². The van der Waals surface area contributed by atoms with E-state index in [-0.39, 0.29) is 11.9 Å². The van der Waals surface area contributed by atoms with Crippen LogP contribution in [0.2, 0.25) is 0 Å². The second-order valence-corrected chi connectivity index (χ2v) is 8.19. The number of ether oxygens (including phenoxy) is 1. The van der Waals surface area contributed by atoms with E-state index in [9.17, 15) is 9.59 Å². The molecule has 0 unspecified atom stereocenters. The highest BCUT2D eigenvalue weighted by atomic mass is 16.5. The summed E-state index contributed by atoms with van der Waals surface area (Å²) in [5, 5.41) is 2.90. The SMILES string of the molecule is Cc1ccc(CCOc2cccc(C(=O)N3CCN(C(=O)Nc4ccccc4)CC3)c2)cc1. The van der Waals surface area contributed by atoms with Crippen LogP contribution >= 0.6 is 0 Å². The van der Waals surface area contributed by atoms with E-state index in [0.717, 1.165) is 12.1 Å². The Labute approximate surface area is 194 Å². The summed E-state index contributed by atoms with van der Waals surface area (Å²) in [5.41, 5.74) is 3.83. The van der Waals surface area contributed by atoms with Gasteiger partial charge in [0.2, 0.25) is 0 Å². The number of amides is 3. The first-order valence-corrected chi connectivity index (χ1v) is 11.3. The summed E-state index contributed by atoms with van der Waals surface area (Å²) in [4.78, 5) is 29.0. The van der Waals surface area contributed by atoms with E-state index >= 15 is 0 Å². The lowest BCUT2D eigenvalue weighted by Gasteiger charge is -2.34. The first-order valence-electron chi connectivity index (χ1n) is 11.3. The summed E-state index contributed by atoms with van der Waals surface area (Å²) in [6, 6.07) is 25.0. The standard InChI is InChI=1S/C27H29N3O3/c1-21-10-12-22(13-11-21)14-19-33-25-9-5-6-23(20-25)26(31)29-15-17-30(18-16-29)27(32)28-24-7-3-2-4-8-24/h2-13,20H,14-19H2,1H3,(H,28,32). The van der Waals surface area contributed by atoms with Crippen molar-refractivity contribution in [3.63, 3.8) is 0 Å². The van der Waals surface area contributed by atoms with Crippen LogP contribution in [0.25, 0.3) is 0 Å². The number of hydrogen-bond acceptors (Lipinski definition) is 3. The molecule has 0 bridgehead atoms. The number of benzene rings is 3. The van der Waals surface area contributed by atoms with E-state index in [1.165, 1.54) is 11.1 Å². The quantitative estimate of drug-likeness (QED) is 0.605. The first kappa shape index (κ1) is 22.4. The van der Waals surface area contributed by atoms with E-state index in [1.807, 2.05) is 48.5 Å². The largest absolute Gasteiger partial charge is 0.493 e. The van der Waals surface area contributed by atoms with Gasteiger partial charge in [-0.1, -0.05) is 54.1 Å². The Hall–Kier alpha value is -3.80. The van der Waals surface area contributed by atoms with Gasteiger partial charge in [0.25, 0.3) is 5.91 Å². The molecular weight excluding hydrogens is 414 g/mol. The number of nitrogens with zero attached hydrogens (tertiary/aromatic N) is 2. The zero-order chi connectivity index (χ0) is 23.0. The van der Waals surface area contributed by atoms with Crippen LogP contribution in [0.15, 0.2) is 78.9 Å². The van der Waals surface area contributed by atoms with Crippen molar-refractivity contribution in [1.29, 1.82) is 0 Å². The van der Waals surface area contributed by atoms with Crippen LogP contribution in [0, 0.1) is 6.92 Å². The van der Waals surface area contributed by atoms with Crippen molar-refractivity contribution in [1.82, 2.24) is 9.80 Å². The van der Waals surface area contributed by atoms with Gasteiger partial charge in [0.1, 0.15) is 5.75 Å². The lowest BCUT2D eigenvalue weighted by atomic mass is 10.1. The fourth-order valence-electron chi connectivity index (χ4n) is 3.78. The third-order valence-electron chi connectivity index (χ3n) is 5.74. The normalized spacial score (nSPS) is 13.5. The van der Waals surface area contributed by atoms with Gasteiger partial charge in [-0.25, -0.2) is 4.79 Å².